The van der Waals surface area contributed by atoms with Gasteiger partial charge < -0.3 is 13.7 Å². The average Bonchev–Trinajstić information content (AvgIpc) is 3.03. The number of rotatable bonds is 9. The topological polar surface area (TPSA) is 92.1 Å². The second-order valence-corrected chi connectivity index (χ2v) is 20.2. The number of hydrogen-bond acceptors (Lipinski definition) is 6. The van der Waals surface area contributed by atoms with Crippen LogP contribution in [0.3, 0.4) is 0 Å². The van der Waals surface area contributed by atoms with Crippen molar-refractivity contribution in [3.8, 4) is 85.4 Å². The van der Waals surface area contributed by atoms with Crippen LogP contribution in [0.4, 0.5) is 0 Å². The molecule has 0 amide bonds. The normalized spacial score (nSPS) is 11.7. The van der Waals surface area contributed by atoms with Gasteiger partial charge >= 0.3 is 0 Å². The minimum Gasteiger partial charge on any atom is -0.309 e. The van der Waals surface area contributed by atoms with Gasteiger partial charge in [0.15, 0.2) is 34.9 Å². The molecule has 5 heterocycles. The summed E-state index contributed by atoms with van der Waals surface area (Å²) in [5, 5.41) is 6.90. The molecule has 0 atom stereocenters. The van der Waals surface area contributed by atoms with Crippen molar-refractivity contribution < 1.29 is 0 Å². The lowest BCUT2D eigenvalue weighted by Gasteiger charge is -2.16. The third kappa shape index (κ3) is 7.55. The smallest absolute Gasteiger partial charge is 0.166 e. The first-order valence-corrected chi connectivity index (χ1v) is 27.1. The monoisotopic (exact) mass is 1040 g/mol. The molecule has 0 unspecified atom stereocenters. The Kier molecular flexibility index (Phi) is 10.7. The number of nitrogens with zero attached hydrogens (tertiary/aromatic N) is 9. The summed E-state index contributed by atoms with van der Waals surface area (Å²) in [5.74, 6) is 3.52. The molecular weight excluding hydrogens is 991 g/mol. The van der Waals surface area contributed by atoms with E-state index >= 15 is 0 Å². The van der Waals surface area contributed by atoms with Crippen LogP contribution >= 0.6 is 0 Å². The van der Waals surface area contributed by atoms with Crippen molar-refractivity contribution in [2.45, 2.75) is 0 Å². The maximum atomic E-state index is 5.43. The van der Waals surface area contributed by atoms with E-state index in [1.165, 1.54) is 10.8 Å². The molecule has 0 saturated carbocycles. The van der Waals surface area contributed by atoms with Gasteiger partial charge in [0, 0.05) is 71.4 Å². The Labute approximate surface area is 465 Å². The van der Waals surface area contributed by atoms with E-state index < -0.39 is 0 Å². The lowest BCUT2D eigenvalue weighted by molar-refractivity contribution is 1.06. The van der Waals surface area contributed by atoms with Crippen LogP contribution < -0.4 is 0 Å². The zero-order valence-electron chi connectivity index (χ0n) is 43.5. The molecule has 11 aromatic carbocycles. The van der Waals surface area contributed by atoms with Gasteiger partial charge in [0.1, 0.15) is 0 Å². The van der Waals surface area contributed by atoms with Gasteiger partial charge in [-0.15, -0.1) is 0 Å². The molecule has 9 heteroatoms. The standard InChI is InChI=1S/C72H45N9/c1-4-23-46(24-5-1)67-73-68(47-25-6-2-7-26-47)76-72(75-67)57-36-15-21-42-63(57)81-60-39-18-12-33-53(60)54-43-44-64-65(66(54)81)55-34-13-19-40-61(55)80(64)62-41-20-14-35-56(62)71-77-69(48-27-8-3-9-28-48)74-70(78-71)49-29-22-30-50(45-49)79-58-37-16-10-31-51(58)52-32-11-17-38-59(52)79/h1-45H. The van der Waals surface area contributed by atoms with Crippen LogP contribution in [0.5, 0.6) is 0 Å². The average molecular weight is 1040 g/mol. The maximum Gasteiger partial charge on any atom is 0.166 e. The van der Waals surface area contributed by atoms with E-state index in [1.54, 1.807) is 0 Å². The SMILES string of the molecule is c1ccc(-c2nc(-c3cccc(-n4c5ccccc5c5ccccc54)c3)nc(-c3ccccc3-n3c4ccccc4c4c3ccc3c5ccccc5n(-c5ccccc5-c5nc(-c6ccccc6)nc(-c6ccccc6)n5)c34)n2)cc1. The maximum absolute atomic E-state index is 5.43. The summed E-state index contributed by atoms with van der Waals surface area (Å²) in [5.41, 5.74) is 14.8. The molecule has 16 aromatic rings. The fraction of sp³-hybridized carbons (Fsp3) is 0. The highest BCUT2D eigenvalue weighted by atomic mass is 15.1. The molecule has 0 spiro atoms. The number of para-hydroxylation sites is 6. The highest BCUT2D eigenvalue weighted by Crippen LogP contribution is 2.45. The van der Waals surface area contributed by atoms with Gasteiger partial charge in [-0.2, -0.15) is 0 Å². The third-order valence-electron chi connectivity index (χ3n) is 15.6. The molecule has 0 saturated heterocycles. The third-order valence-corrected chi connectivity index (χ3v) is 15.6. The lowest BCUT2D eigenvalue weighted by Crippen LogP contribution is -2.04. The van der Waals surface area contributed by atoms with Crippen LogP contribution in [0.25, 0.3) is 151 Å². The summed E-state index contributed by atoms with van der Waals surface area (Å²) >= 11 is 0. The lowest BCUT2D eigenvalue weighted by atomic mass is 10.1. The summed E-state index contributed by atoms with van der Waals surface area (Å²) in [6.45, 7) is 0. The molecule has 0 aliphatic rings. The van der Waals surface area contributed by atoms with Gasteiger partial charge in [-0.25, -0.2) is 29.9 Å². The summed E-state index contributed by atoms with van der Waals surface area (Å²) in [6.07, 6.45) is 0. The molecule has 378 valence electrons. The molecule has 0 N–H and O–H groups in total. The van der Waals surface area contributed by atoms with Crippen LogP contribution in [-0.4, -0.2) is 43.6 Å². The van der Waals surface area contributed by atoms with Crippen LogP contribution in [-0.2, 0) is 0 Å². The molecule has 81 heavy (non-hydrogen) atoms. The first-order chi connectivity index (χ1) is 40.2. The summed E-state index contributed by atoms with van der Waals surface area (Å²) in [7, 11) is 0. The molecule has 0 aliphatic carbocycles. The molecule has 0 bridgehead atoms. The molecule has 5 aromatic heterocycles. The Bertz CT molecular complexity index is 5010. The van der Waals surface area contributed by atoms with Gasteiger partial charge in [0.2, 0.25) is 0 Å². The molecular formula is C72H45N9. The Morgan fingerprint density at radius 1 is 0.222 bits per heavy atom. The largest absolute Gasteiger partial charge is 0.309 e. The number of hydrogen-bond donors (Lipinski definition) is 0. The highest BCUT2D eigenvalue weighted by Gasteiger charge is 2.25. The Morgan fingerprint density at radius 3 is 1.11 bits per heavy atom. The summed E-state index contributed by atoms with van der Waals surface area (Å²) in [4.78, 5) is 31.6. The first-order valence-electron chi connectivity index (χ1n) is 27.1. The quantitative estimate of drug-likeness (QED) is 0.143. The van der Waals surface area contributed by atoms with E-state index in [1.807, 2.05) is 78.9 Å². The predicted octanol–water partition coefficient (Wildman–Crippen LogP) is 17.3. The van der Waals surface area contributed by atoms with Crippen molar-refractivity contribution in [3.63, 3.8) is 0 Å². The number of benzene rings is 11. The van der Waals surface area contributed by atoms with E-state index in [2.05, 4.69) is 208 Å². The van der Waals surface area contributed by atoms with Gasteiger partial charge in [-0.05, 0) is 66.7 Å². The zero-order chi connectivity index (χ0) is 53.4. The number of aromatic nitrogens is 9. The van der Waals surface area contributed by atoms with Crippen LogP contribution in [0.15, 0.2) is 273 Å². The van der Waals surface area contributed by atoms with Crippen molar-refractivity contribution in [2.24, 2.45) is 0 Å². The Hall–Kier alpha value is -11.2. The van der Waals surface area contributed by atoms with E-state index in [0.717, 1.165) is 105 Å². The van der Waals surface area contributed by atoms with Gasteiger partial charge in [-0.3, -0.25) is 0 Å². The van der Waals surface area contributed by atoms with Crippen LogP contribution in [0, 0.1) is 0 Å². The van der Waals surface area contributed by atoms with E-state index in [9.17, 15) is 0 Å². The fourth-order valence-electron chi connectivity index (χ4n) is 12.0. The molecule has 0 fully saturated rings. The van der Waals surface area contributed by atoms with Crippen molar-refractivity contribution in [1.29, 1.82) is 0 Å². The number of fused-ring (bicyclic) bond motifs is 10. The van der Waals surface area contributed by atoms with E-state index in [4.69, 9.17) is 29.9 Å². The Morgan fingerprint density at radius 2 is 0.593 bits per heavy atom. The highest BCUT2D eigenvalue weighted by molar-refractivity contribution is 6.26. The second kappa shape index (κ2) is 18.8. The minimum atomic E-state index is 0.564. The van der Waals surface area contributed by atoms with E-state index in [-0.39, 0.29) is 0 Å². The summed E-state index contributed by atoms with van der Waals surface area (Å²) < 4.78 is 7.13. The van der Waals surface area contributed by atoms with Gasteiger partial charge in [-0.1, -0.05) is 206 Å². The molecule has 0 aliphatic heterocycles. The van der Waals surface area contributed by atoms with Gasteiger partial charge in [0.05, 0.1) is 44.5 Å². The Balaban J connectivity index is 0.914. The first kappa shape index (κ1) is 46.0. The molecule has 0 radical (unpaired) electrons. The molecule has 16 rings (SSSR count). The zero-order valence-corrected chi connectivity index (χ0v) is 43.5. The molecule has 9 nitrogen and oxygen atoms in total. The minimum absolute atomic E-state index is 0.564. The predicted molar refractivity (Wildman–Crippen MR) is 329 cm³/mol. The second-order valence-electron chi connectivity index (χ2n) is 20.2. The van der Waals surface area contributed by atoms with Crippen LogP contribution in [0.2, 0.25) is 0 Å². The van der Waals surface area contributed by atoms with Crippen LogP contribution in [0.1, 0.15) is 0 Å². The van der Waals surface area contributed by atoms with Crippen molar-refractivity contribution in [1.82, 2.24) is 43.6 Å². The fourth-order valence-corrected chi connectivity index (χ4v) is 12.0. The van der Waals surface area contributed by atoms with Crippen molar-refractivity contribution >= 4 is 65.4 Å². The summed E-state index contributed by atoms with van der Waals surface area (Å²) in [6, 6.07) is 95.1. The van der Waals surface area contributed by atoms with Crippen molar-refractivity contribution in [2.75, 3.05) is 0 Å². The van der Waals surface area contributed by atoms with Gasteiger partial charge in [0.25, 0.3) is 0 Å². The van der Waals surface area contributed by atoms with E-state index in [0.29, 0.717) is 34.9 Å². The van der Waals surface area contributed by atoms with Crippen molar-refractivity contribution in [3.05, 3.63) is 273 Å².